The maximum Gasteiger partial charge on any atom is 0.375 e. The normalized spacial score (nSPS) is 21.1. The smallest absolute Gasteiger partial charge is 0.375 e. The van der Waals surface area contributed by atoms with Crippen molar-refractivity contribution in [2.75, 3.05) is 0 Å². The lowest BCUT2D eigenvalue weighted by Crippen LogP contribution is -2.28. The highest BCUT2D eigenvalue weighted by Crippen LogP contribution is 2.24. The summed E-state index contributed by atoms with van der Waals surface area (Å²) in [6.45, 7) is 5.54. The highest BCUT2D eigenvalue weighted by molar-refractivity contribution is 6.34. The van der Waals surface area contributed by atoms with Gasteiger partial charge in [0.15, 0.2) is 0 Å². The Morgan fingerprint density at radius 3 is 2.60 bits per heavy atom. The maximum absolute atomic E-state index is 11.6. The van der Waals surface area contributed by atoms with Gasteiger partial charge in [0.05, 0.1) is 6.10 Å². The quantitative estimate of drug-likeness (QED) is 0.407. The van der Waals surface area contributed by atoms with Crippen LogP contribution in [-0.4, -0.2) is 17.9 Å². The second kappa shape index (κ2) is 5.10. The summed E-state index contributed by atoms with van der Waals surface area (Å²) in [6, 6.07) is 0. The van der Waals surface area contributed by atoms with E-state index in [-0.39, 0.29) is 17.8 Å². The molecule has 1 rings (SSSR count). The number of carbonyl (C=O) groups is 2. The van der Waals surface area contributed by atoms with Gasteiger partial charge in [-0.3, -0.25) is 4.79 Å². The molecule has 0 aromatic rings. The topological polar surface area (TPSA) is 43.4 Å². The van der Waals surface area contributed by atoms with Gasteiger partial charge in [-0.15, -0.1) is 0 Å². The number of rotatable bonds is 3. The molecule has 3 nitrogen and oxygen atoms in total. The largest absolute Gasteiger partial charge is 0.457 e. The van der Waals surface area contributed by atoms with E-state index in [1.807, 2.05) is 13.0 Å². The van der Waals surface area contributed by atoms with Gasteiger partial charge < -0.3 is 4.74 Å². The van der Waals surface area contributed by atoms with Crippen LogP contribution in [0.25, 0.3) is 0 Å². The first kappa shape index (κ1) is 12.0. The fourth-order valence-electron chi connectivity index (χ4n) is 1.64. The van der Waals surface area contributed by atoms with Gasteiger partial charge in [0.1, 0.15) is 0 Å². The number of ether oxygens (including phenoxy) is 1. The molecule has 0 N–H and O–H groups in total. The standard InChI is InChI=1S/C12H18O3/c1-8(2)15-12(14)11(13)10-6-4-9(3)5-7-10/h4,8,10H,5-7H2,1-3H3. The minimum absolute atomic E-state index is 0.167. The Balaban J connectivity index is 2.51. The number of hydrogen-bond donors (Lipinski definition) is 0. The Morgan fingerprint density at radius 1 is 1.47 bits per heavy atom. The molecule has 0 aromatic carbocycles. The van der Waals surface area contributed by atoms with Gasteiger partial charge in [-0.25, -0.2) is 4.79 Å². The van der Waals surface area contributed by atoms with Gasteiger partial charge in [0, 0.05) is 5.92 Å². The molecule has 15 heavy (non-hydrogen) atoms. The average Bonchev–Trinajstić information content (AvgIpc) is 2.17. The van der Waals surface area contributed by atoms with Crippen LogP contribution in [0.4, 0.5) is 0 Å². The van der Waals surface area contributed by atoms with Crippen LogP contribution in [0, 0.1) is 5.92 Å². The minimum atomic E-state index is -0.678. The van der Waals surface area contributed by atoms with E-state index >= 15 is 0 Å². The van der Waals surface area contributed by atoms with Gasteiger partial charge in [-0.1, -0.05) is 11.6 Å². The molecule has 0 aromatic heterocycles. The Bertz CT molecular complexity index is 289. The second-order valence-electron chi connectivity index (χ2n) is 4.34. The van der Waals surface area contributed by atoms with Gasteiger partial charge in [-0.05, 0) is 40.0 Å². The molecule has 0 heterocycles. The number of hydrogen-bond acceptors (Lipinski definition) is 3. The summed E-state index contributed by atoms with van der Waals surface area (Å²) in [5.74, 6) is -1.21. The number of allylic oxidation sites excluding steroid dienone is 2. The monoisotopic (exact) mass is 210 g/mol. The first-order chi connectivity index (χ1) is 7.00. The van der Waals surface area contributed by atoms with Crippen molar-refractivity contribution in [1.82, 2.24) is 0 Å². The number of carbonyl (C=O) groups excluding carboxylic acids is 2. The van der Waals surface area contributed by atoms with Crippen LogP contribution in [0.2, 0.25) is 0 Å². The summed E-state index contributed by atoms with van der Waals surface area (Å²) in [6.07, 6.45) is 4.18. The highest BCUT2D eigenvalue weighted by atomic mass is 16.5. The first-order valence-corrected chi connectivity index (χ1v) is 5.41. The molecule has 0 saturated heterocycles. The molecule has 1 aliphatic rings. The minimum Gasteiger partial charge on any atom is -0.457 e. The molecule has 3 heteroatoms. The molecule has 0 amide bonds. The van der Waals surface area contributed by atoms with Gasteiger partial charge in [0.2, 0.25) is 5.78 Å². The molecule has 0 radical (unpaired) electrons. The molecule has 0 spiro atoms. The number of esters is 1. The van der Waals surface area contributed by atoms with Crippen molar-refractivity contribution in [2.24, 2.45) is 5.92 Å². The van der Waals surface area contributed by atoms with Crippen molar-refractivity contribution in [3.8, 4) is 0 Å². The Labute approximate surface area is 90.5 Å². The van der Waals surface area contributed by atoms with Crippen molar-refractivity contribution in [1.29, 1.82) is 0 Å². The molecule has 84 valence electrons. The van der Waals surface area contributed by atoms with Gasteiger partial charge in [0.25, 0.3) is 0 Å². The molecular weight excluding hydrogens is 192 g/mol. The van der Waals surface area contributed by atoms with Crippen molar-refractivity contribution in [3.63, 3.8) is 0 Å². The summed E-state index contributed by atoms with van der Waals surface area (Å²) in [5, 5.41) is 0. The van der Waals surface area contributed by atoms with Crippen molar-refractivity contribution < 1.29 is 14.3 Å². The predicted molar refractivity (Wildman–Crippen MR) is 57.3 cm³/mol. The van der Waals surface area contributed by atoms with E-state index < -0.39 is 5.97 Å². The summed E-state index contributed by atoms with van der Waals surface area (Å²) in [7, 11) is 0. The van der Waals surface area contributed by atoms with Crippen LogP contribution in [0.3, 0.4) is 0 Å². The van der Waals surface area contributed by atoms with E-state index in [0.29, 0.717) is 6.42 Å². The van der Waals surface area contributed by atoms with Crippen LogP contribution in [0.15, 0.2) is 11.6 Å². The third-order valence-electron chi connectivity index (χ3n) is 2.55. The SMILES string of the molecule is CC1=CCC(C(=O)C(=O)OC(C)C)CC1. The van der Waals surface area contributed by atoms with E-state index in [0.717, 1.165) is 12.8 Å². The first-order valence-electron chi connectivity index (χ1n) is 5.41. The lowest BCUT2D eigenvalue weighted by molar-refractivity contribution is -0.158. The number of Topliss-reactive ketones (excluding diaryl/α,β-unsaturated/α-hetero) is 1. The summed E-state index contributed by atoms with van der Waals surface area (Å²) in [4.78, 5) is 23.0. The van der Waals surface area contributed by atoms with E-state index in [9.17, 15) is 9.59 Å². The molecule has 0 fully saturated rings. The van der Waals surface area contributed by atoms with Crippen LogP contribution >= 0.6 is 0 Å². The van der Waals surface area contributed by atoms with Gasteiger partial charge in [-0.2, -0.15) is 0 Å². The van der Waals surface area contributed by atoms with E-state index in [1.54, 1.807) is 13.8 Å². The fraction of sp³-hybridized carbons (Fsp3) is 0.667. The Morgan fingerprint density at radius 2 is 2.13 bits per heavy atom. The molecule has 0 saturated carbocycles. The maximum atomic E-state index is 11.6. The predicted octanol–water partition coefficient (Wildman–Crippen LogP) is 2.25. The highest BCUT2D eigenvalue weighted by Gasteiger charge is 2.27. The van der Waals surface area contributed by atoms with Crippen molar-refractivity contribution in [3.05, 3.63) is 11.6 Å². The summed E-state index contributed by atoms with van der Waals surface area (Å²) < 4.78 is 4.88. The van der Waals surface area contributed by atoms with E-state index in [4.69, 9.17) is 4.74 Å². The zero-order chi connectivity index (χ0) is 11.4. The van der Waals surface area contributed by atoms with Gasteiger partial charge >= 0.3 is 5.97 Å². The fourth-order valence-corrected chi connectivity index (χ4v) is 1.64. The molecule has 1 unspecified atom stereocenters. The summed E-state index contributed by atoms with van der Waals surface area (Å²) in [5.41, 5.74) is 1.30. The number of ketones is 1. The lowest BCUT2D eigenvalue weighted by Gasteiger charge is -2.18. The second-order valence-corrected chi connectivity index (χ2v) is 4.34. The molecule has 0 aliphatic heterocycles. The molecule has 1 aliphatic carbocycles. The van der Waals surface area contributed by atoms with Crippen LogP contribution in [-0.2, 0) is 14.3 Å². The van der Waals surface area contributed by atoms with E-state index in [1.165, 1.54) is 5.57 Å². The summed E-state index contributed by atoms with van der Waals surface area (Å²) >= 11 is 0. The Kier molecular flexibility index (Phi) is 4.06. The average molecular weight is 210 g/mol. The lowest BCUT2D eigenvalue weighted by atomic mass is 9.87. The van der Waals surface area contributed by atoms with Crippen LogP contribution < -0.4 is 0 Å². The molecule has 0 bridgehead atoms. The molecule has 1 atom stereocenters. The zero-order valence-corrected chi connectivity index (χ0v) is 9.58. The van der Waals surface area contributed by atoms with Crippen LogP contribution in [0.1, 0.15) is 40.0 Å². The third kappa shape index (κ3) is 3.50. The molecular formula is C12H18O3. The third-order valence-corrected chi connectivity index (χ3v) is 2.55. The van der Waals surface area contributed by atoms with Crippen molar-refractivity contribution >= 4 is 11.8 Å². The Hall–Kier alpha value is -1.12. The van der Waals surface area contributed by atoms with Crippen molar-refractivity contribution in [2.45, 2.75) is 46.1 Å². The van der Waals surface area contributed by atoms with E-state index in [2.05, 4.69) is 0 Å². The zero-order valence-electron chi connectivity index (χ0n) is 9.58. The van der Waals surface area contributed by atoms with Crippen LogP contribution in [0.5, 0.6) is 0 Å².